The van der Waals surface area contributed by atoms with Crippen LogP contribution in [0.2, 0.25) is 0 Å². The minimum absolute atomic E-state index is 0.0404. The summed E-state index contributed by atoms with van der Waals surface area (Å²) in [5.74, 6) is -4.22. The van der Waals surface area contributed by atoms with Gasteiger partial charge >= 0.3 is 12.1 Å². The molecule has 0 saturated heterocycles. The minimum atomic E-state index is -4.70. The van der Waals surface area contributed by atoms with Gasteiger partial charge < -0.3 is 31.1 Å². The fourth-order valence-corrected chi connectivity index (χ4v) is 7.63. The van der Waals surface area contributed by atoms with E-state index in [0.29, 0.717) is 23.3 Å². The molecule has 0 aromatic heterocycles. The molecule has 15 heteroatoms. The van der Waals surface area contributed by atoms with Crippen LogP contribution in [0.5, 0.6) is 5.75 Å². The van der Waals surface area contributed by atoms with E-state index in [4.69, 9.17) is 4.74 Å². The Kier molecular flexibility index (Phi) is 13.5. The molecule has 1 unspecified atom stereocenters. The van der Waals surface area contributed by atoms with Crippen LogP contribution in [0, 0.1) is 0 Å². The molecule has 3 aliphatic rings. The summed E-state index contributed by atoms with van der Waals surface area (Å²) in [4.78, 5) is 68.0. The lowest BCUT2D eigenvalue weighted by molar-refractivity contribution is -0.142. The number of hydrogen-bond acceptors (Lipinski definition) is 7. The van der Waals surface area contributed by atoms with Crippen LogP contribution in [0.15, 0.2) is 115 Å². The number of ether oxygens (including phenoxy) is 1. The zero-order chi connectivity index (χ0) is 41.2. The maximum Gasteiger partial charge on any atom is 0.416 e. The Labute approximate surface area is 336 Å². The number of thioether (sulfide) groups is 1. The Hall–Kier alpha value is -6.09. The highest BCUT2D eigenvalue weighted by molar-refractivity contribution is 8.03. The summed E-state index contributed by atoms with van der Waals surface area (Å²) in [5.41, 5.74) is 2.02. The monoisotopic (exact) mass is 814 g/mol. The number of nitrogens with one attached hydrogen (secondary N) is 4. The lowest BCUT2D eigenvalue weighted by Crippen LogP contribution is -2.59. The molecular formula is C43H41F3N4O7S. The Bertz CT molecular complexity index is 2120. The third-order valence-electron chi connectivity index (χ3n) is 9.73. The van der Waals surface area contributed by atoms with E-state index >= 15 is 0 Å². The second kappa shape index (κ2) is 18.9. The fraction of sp³-hybridized carbons (Fsp3) is 0.279. The number of fused-ring (bicyclic) bond motifs is 16. The zero-order valence-electron chi connectivity index (χ0n) is 31.0. The fourth-order valence-electron chi connectivity index (χ4n) is 6.66. The molecule has 3 aliphatic heterocycles. The van der Waals surface area contributed by atoms with Crippen LogP contribution in [-0.2, 0) is 49.4 Å². The molecule has 4 aromatic carbocycles. The van der Waals surface area contributed by atoms with Crippen molar-refractivity contribution in [3.63, 3.8) is 0 Å². The molecule has 7 rings (SSSR count). The van der Waals surface area contributed by atoms with Crippen LogP contribution in [-0.4, -0.2) is 70.7 Å². The summed E-state index contributed by atoms with van der Waals surface area (Å²) >= 11 is 1.50. The first kappa shape index (κ1) is 41.5. The first-order chi connectivity index (χ1) is 27.8. The van der Waals surface area contributed by atoms with Crippen molar-refractivity contribution in [3.05, 3.63) is 137 Å². The first-order valence-electron chi connectivity index (χ1n) is 18.6. The van der Waals surface area contributed by atoms with Crippen molar-refractivity contribution in [1.29, 1.82) is 0 Å². The van der Waals surface area contributed by atoms with Gasteiger partial charge in [0.1, 0.15) is 29.9 Å². The van der Waals surface area contributed by atoms with Gasteiger partial charge in [-0.3, -0.25) is 19.2 Å². The van der Waals surface area contributed by atoms with E-state index in [1.165, 1.54) is 36.0 Å². The van der Waals surface area contributed by atoms with E-state index in [9.17, 15) is 42.3 Å². The summed E-state index contributed by atoms with van der Waals surface area (Å²) in [6.07, 6.45) is -2.62. The van der Waals surface area contributed by atoms with Gasteiger partial charge in [-0.05, 0) is 64.3 Å². The van der Waals surface area contributed by atoms with E-state index < -0.39 is 78.5 Å². The van der Waals surface area contributed by atoms with Crippen LogP contribution in [0.3, 0.4) is 0 Å². The maximum atomic E-state index is 14.3. The number of alkyl halides is 3. The van der Waals surface area contributed by atoms with Crippen LogP contribution in [0.1, 0.15) is 35.1 Å². The van der Waals surface area contributed by atoms with Gasteiger partial charge in [0.05, 0.1) is 5.56 Å². The number of hydrogen-bond donors (Lipinski definition) is 5. The molecule has 58 heavy (non-hydrogen) atoms. The van der Waals surface area contributed by atoms with Gasteiger partial charge in [-0.25, -0.2) is 4.79 Å². The molecule has 11 nitrogen and oxygen atoms in total. The summed E-state index contributed by atoms with van der Waals surface area (Å²) in [6.45, 7) is -0.443. The smallest absolute Gasteiger partial charge is 0.416 e. The van der Waals surface area contributed by atoms with Crippen LogP contribution >= 0.6 is 11.8 Å². The van der Waals surface area contributed by atoms with Crippen molar-refractivity contribution < 1.29 is 47.0 Å². The van der Waals surface area contributed by atoms with Gasteiger partial charge in [0, 0.05) is 24.5 Å². The molecule has 5 atom stereocenters. The Balaban J connectivity index is 1.35. The summed E-state index contributed by atoms with van der Waals surface area (Å²) < 4.78 is 46.8. The number of halogens is 3. The Morgan fingerprint density at radius 2 is 1.36 bits per heavy atom. The van der Waals surface area contributed by atoms with Crippen molar-refractivity contribution in [2.75, 3.05) is 6.61 Å². The predicted molar refractivity (Wildman–Crippen MR) is 211 cm³/mol. The predicted octanol–water partition coefficient (Wildman–Crippen LogP) is 5.23. The highest BCUT2D eigenvalue weighted by atomic mass is 32.2. The molecule has 4 aromatic rings. The van der Waals surface area contributed by atoms with Gasteiger partial charge in [-0.2, -0.15) is 13.2 Å². The van der Waals surface area contributed by atoms with E-state index in [0.717, 1.165) is 23.3 Å². The van der Waals surface area contributed by atoms with E-state index in [1.807, 2.05) is 53.9 Å². The molecule has 3 heterocycles. The second-order valence-corrected chi connectivity index (χ2v) is 15.3. The average Bonchev–Trinajstić information content (AvgIpc) is 3.73. The standard InChI is InChI=1S/C43H41F3N4O7S/c44-43(45,46)31-9-4-6-28(20-31)23-35-40(53)50-37(42(55)56)22-27-13-17-32(18-14-27)57-25-38(51)47-36(24-33-10-5-19-58-33)41(54)48-34(39(52)49-35)21-26-11-15-30(16-12-26)29-7-2-1-3-8-29/h1-9,11-20,33-37H,10,21-25H2,(H,47,51)(H,48,54)(H,49,52)(H,50,53)(H,55,56)/t33?,34-,35+,36+,37-/m0/s1. The molecule has 5 N–H and O–H groups in total. The van der Waals surface area contributed by atoms with Gasteiger partial charge in [-0.1, -0.05) is 91.0 Å². The van der Waals surface area contributed by atoms with Crippen molar-refractivity contribution in [2.45, 2.75) is 67.7 Å². The van der Waals surface area contributed by atoms with Crippen LogP contribution < -0.4 is 26.0 Å². The van der Waals surface area contributed by atoms with Crippen molar-refractivity contribution in [1.82, 2.24) is 21.3 Å². The zero-order valence-corrected chi connectivity index (χ0v) is 31.9. The van der Waals surface area contributed by atoms with Crippen LogP contribution in [0.25, 0.3) is 11.1 Å². The number of carboxylic acids is 1. The molecule has 0 aliphatic carbocycles. The van der Waals surface area contributed by atoms with Crippen LogP contribution in [0.4, 0.5) is 13.2 Å². The number of aliphatic carboxylic acids is 1. The first-order valence-corrected chi connectivity index (χ1v) is 19.5. The molecule has 2 bridgehead atoms. The lowest BCUT2D eigenvalue weighted by Gasteiger charge is -2.27. The van der Waals surface area contributed by atoms with Crippen molar-refractivity contribution >= 4 is 41.4 Å². The molecular weight excluding hydrogens is 774 g/mol. The second-order valence-electron chi connectivity index (χ2n) is 14.0. The lowest BCUT2D eigenvalue weighted by atomic mass is 9.98. The maximum absolute atomic E-state index is 14.3. The number of carbonyl (C=O) groups excluding carboxylic acids is 4. The number of rotatable bonds is 8. The SMILES string of the molecule is O=C1COc2ccc(cc2)C[C@@H](C(=O)O)NC(=O)[C@@H](Cc2cccc(C(F)(F)F)c2)NC(=O)[C@H](Cc2ccc(-c3ccccc3)cc2)NC(=O)[C@@H](CC2CC=CS2)N1. The van der Waals surface area contributed by atoms with E-state index in [2.05, 4.69) is 21.3 Å². The highest BCUT2D eigenvalue weighted by Gasteiger charge is 2.34. The third kappa shape index (κ3) is 11.5. The van der Waals surface area contributed by atoms with Gasteiger partial charge in [0.15, 0.2) is 6.61 Å². The molecule has 0 radical (unpaired) electrons. The normalized spacial score (nSPS) is 22.0. The minimum Gasteiger partial charge on any atom is -0.484 e. The number of benzene rings is 4. The Morgan fingerprint density at radius 3 is 2.00 bits per heavy atom. The molecule has 0 fully saturated rings. The molecule has 0 saturated carbocycles. The number of carboxylic acid groups (broad SMARTS) is 1. The number of carbonyl (C=O) groups is 5. The van der Waals surface area contributed by atoms with Gasteiger partial charge in [0.2, 0.25) is 17.7 Å². The van der Waals surface area contributed by atoms with Gasteiger partial charge in [0.25, 0.3) is 5.91 Å². The summed E-state index contributed by atoms with van der Waals surface area (Å²) in [6, 6.07) is 21.7. The summed E-state index contributed by atoms with van der Waals surface area (Å²) in [5, 5.41) is 22.5. The topological polar surface area (TPSA) is 163 Å². The molecule has 0 spiro atoms. The van der Waals surface area contributed by atoms with Crippen molar-refractivity contribution in [3.8, 4) is 16.9 Å². The average molecular weight is 815 g/mol. The molecule has 302 valence electrons. The largest absolute Gasteiger partial charge is 0.484 e. The number of amides is 4. The van der Waals surface area contributed by atoms with Gasteiger partial charge in [-0.15, -0.1) is 11.8 Å². The van der Waals surface area contributed by atoms with E-state index in [-0.39, 0.29) is 30.1 Å². The van der Waals surface area contributed by atoms with E-state index in [1.54, 1.807) is 24.3 Å². The summed E-state index contributed by atoms with van der Waals surface area (Å²) in [7, 11) is 0. The third-order valence-corrected chi connectivity index (χ3v) is 10.8. The number of allylic oxidation sites excluding steroid dienone is 1. The Morgan fingerprint density at radius 1 is 0.724 bits per heavy atom. The van der Waals surface area contributed by atoms with Crippen molar-refractivity contribution in [2.24, 2.45) is 0 Å². The highest BCUT2D eigenvalue weighted by Crippen LogP contribution is 2.30. The molecule has 4 amide bonds. The quantitative estimate of drug-likeness (QED) is 0.151.